The van der Waals surface area contributed by atoms with Crippen molar-refractivity contribution in [2.45, 2.75) is 52.1 Å². The van der Waals surface area contributed by atoms with E-state index in [9.17, 15) is 9.59 Å². The number of ketones is 1. The van der Waals surface area contributed by atoms with E-state index in [-0.39, 0.29) is 11.8 Å². The summed E-state index contributed by atoms with van der Waals surface area (Å²) in [7, 11) is 1.67. The molecule has 0 spiro atoms. The maximum atomic E-state index is 12.9. The smallest absolute Gasteiger partial charge is 0.192 e. The van der Waals surface area contributed by atoms with Crippen molar-refractivity contribution in [3.05, 3.63) is 42.0 Å². The molecule has 5 heteroatoms. The van der Waals surface area contributed by atoms with E-state index in [2.05, 4.69) is 12.2 Å². The lowest BCUT2D eigenvalue weighted by Crippen LogP contribution is -2.39. The van der Waals surface area contributed by atoms with E-state index in [4.69, 9.17) is 9.47 Å². The van der Waals surface area contributed by atoms with Crippen LogP contribution in [0.3, 0.4) is 0 Å². The number of allylic oxidation sites excluding steroid dienone is 2. The molecule has 0 bridgehead atoms. The van der Waals surface area contributed by atoms with E-state index in [1.165, 1.54) is 11.8 Å². The molecule has 1 fully saturated rings. The number of fused-ring (bicyclic) bond motifs is 1. The Hall–Kier alpha value is -1.59. The summed E-state index contributed by atoms with van der Waals surface area (Å²) in [5.74, 6) is 3.00. The first-order valence-electron chi connectivity index (χ1n) is 11.2. The minimum atomic E-state index is 0.0678. The number of Topliss-reactive ketones (excluding diaryl/α,β-unsaturated/α-hetero) is 1. The molecule has 0 radical (unpaired) electrons. The van der Waals surface area contributed by atoms with Gasteiger partial charge in [0.15, 0.2) is 5.12 Å². The lowest BCUT2D eigenvalue weighted by molar-refractivity contribution is -0.126. The molecule has 0 unspecified atom stereocenters. The molecule has 4 atom stereocenters. The lowest BCUT2D eigenvalue weighted by atomic mass is 9.64. The highest BCUT2D eigenvalue weighted by Gasteiger charge is 2.42. The molecule has 1 saturated carbocycles. The van der Waals surface area contributed by atoms with Gasteiger partial charge in [-0.2, -0.15) is 0 Å². The highest BCUT2D eigenvalue weighted by atomic mass is 32.2. The van der Waals surface area contributed by atoms with Gasteiger partial charge in [-0.15, -0.1) is 0 Å². The van der Waals surface area contributed by atoms with Gasteiger partial charge in [0.2, 0.25) is 0 Å². The SMILES string of the molecule is CCSC(=O)[C@H]1[C@@H]2CCC(=O)C[C@H]2C=C[C@H]1CCCCOCc1ccc(OC)cc1. The average Bonchev–Trinajstić information content (AvgIpc) is 2.76. The predicted molar refractivity (Wildman–Crippen MR) is 122 cm³/mol. The van der Waals surface area contributed by atoms with Crippen molar-refractivity contribution in [1.82, 2.24) is 0 Å². The second-order valence-electron chi connectivity index (χ2n) is 8.33. The second kappa shape index (κ2) is 11.7. The fraction of sp³-hybridized carbons (Fsp3) is 0.600. The summed E-state index contributed by atoms with van der Waals surface area (Å²) in [5.41, 5.74) is 1.14. The molecule has 0 aromatic heterocycles. The van der Waals surface area contributed by atoms with Crippen molar-refractivity contribution >= 4 is 22.7 Å². The van der Waals surface area contributed by atoms with Gasteiger partial charge in [0.25, 0.3) is 0 Å². The van der Waals surface area contributed by atoms with Crippen LogP contribution in [0.4, 0.5) is 0 Å². The molecule has 2 aliphatic rings. The molecule has 0 aliphatic heterocycles. The summed E-state index contributed by atoms with van der Waals surface area (Å²) < 4.78 is 11.0. The summed E-state index contributed by atoms with van der Waals surface area (Å²) in [4.78, 5) is 24.8. The summed E-state index contributed by atoms with van der Waals surface area (Å²) >= 11 is 1.45. The van der Waals surface area contributed by atoms with Crippen LogP contribution in [-0.2, 0) is 20.9 Å². The van der Waals surface area contributed by atoms with Crippen LogP contribution >= 0.6 is 11.8 Å². The molecule has 0 N–H and O–H groups in total. The van der Waals surface area contributed by atoms with E-state index in [1.807, 2.05) is 31.2 Å². The standard InChI is InChI=1S/C25H34O4S/c1-3-30-25(27)24-19(9-10-20-16-21(26)11-14-23(20)24)6-4-5-15-29-17-18-7-12-22(28-2)13-8-18/h7-10,12-13,19-20,23-24H,3-6,11,14-17H2,1-2H3/t19-,20-,23-,24-/m1/s1. The highest BCUT2D eigenvalue weighted by Crippen LogP contribution is 2.45. The van der Waals surface area contributed by atoms with Crippen molar-refractivity contribution in [2.75, 3.05) is 19.5 Å². The molecule has 1 aromatic rings. The third-order valence-corrected chi connectivity index (χ3v) is 7.21. The summed E-state index contributed by atoms with van der Waals surface area (Å²) in [6, 6.07) is 7.95. The zero-order chi connectivity index (χ0) is 21.3. The molecular formula is C25H34O4S. The Morgan fingerprint density at radius 2 is 1.97 bits per heavy atom. The first-order valence-corrected chi connectivity index (χ1v) is 12.2. The van der Waals surface area contributed by atoms with E-state index < -0.39 is 0 Å². The first kappa shape index (κ1) is 23.1. The number of hydrogen-bond donors (Lipinski definition) is 0. The van der Waals surface area contributed by atoms with Gasteiger partial charge in [-0.1, -0.05) is 49.4 Å². The number of methoxy groups -OCH3 is 1. The Bertz CT molecular complexity index is 727. The number of hydrogen-bond acceptors (Lipinski definition) is 5. The summed E-state index contributed by atoms with van der Waals surface area (Å²) in [5, 5.41) is 0.326. The zero-order valence-corrected chi connectivity index (χ0v) is 19.0. The fourth-order valence-electron chi connectivity index (χ4n) is 4.80. The quantitative estimate of drug-likeness (QED) is 0.365. The van der Waals surface area contributed by atoms with Crippen molar-refractivity contribution in [3.8, 4) is 5.75 Å². The number of rotatable bonds is 10. The molecule has 1 aromatic carbocycles. The minimum Gasteiger partial charge on any atom is -0.497 e. The topological polar surface area (TPSA) is 52.6 Å². The molecule has 0 saturated heterocycles. The van der Waals surface area contributed by atoms with Crippen LogP contribution in [0.25, 0.3) is 0 Å². The largest absolute Gasteiger partial charge is 0.497 e. The Balaban J connectivity index is 1.46. The molecule has 3 rings (SSSR count). The highest BCUT2D eigenvalue weighted by molar-refractivity contribution is 8.13. The molecule has 2 aliphatic carbocycles. The van der Waals surface area contributed by atoms with Gasteiger partial charge < -0.3 is 9.47 Å². The second-order valence-corrected chi connectivity index (χ2v) is 9.60. The van der Waals surface area contributed by atoms with Crippen LogP contribution in [0.1, 0.15) is 51.0 Å². The Morgan fingerprint density at radius 1 is 1.17 bits per heavy atom. The van der Waals surface area contributed by atoms with Crippen molar-refractivity contribution in [1.29, 1.82) is 0 Å². The molecule has 30 heavy (non-hydrogen) atoms. The summed E-state index contributed by atoms with van der Waals surface area (Å²) in [6.45, 7) is 3.38. The number of carbonyl (C=O) groups excluding carboxylic acids is 2. The molecule has 164 valence electrons. The maximum absolute atomic E-state index is 12.9. The van der Waals surface area contributed by atoms with Crippen LogP contribution in [0.15, 0.2) is 36.4 Å². The van der Waals surface area contributed by atoms with Crippen LogP contribution in [-0.4, -0.2) is 30.4 Å². The van der Waals surface area contributed by atoms with Crippen molar-refractivity contribution < 1.29 is 19.1 Å². The molecule has 0 heterocycles. The van der Waals surface area contributed by atoms with E-state index in [1.54, 1.807) is 7.11 Å². The number of ether oxygens (including phenoxy) is 2. The Morgan fingerprint density at radius 3 is 2.70 bits per heavy atom. The van der Waals surface area contributed by atoms with Gasteiger partial charge in [-0.3, -0.25) is 9.59 Å². The number of carbonyl (C=O) groups is 2. The zero-order valence-electron chi connectivity index (χ0n) is 18.2. The number of unbranched alkanes of at least 4 members (excludes halogenated alkanes) is 1. The van der Waals surface area contributed by atoms with E-state index in [0.29, 0.717) is 42.2 Å². The monoisotopic (exact) mass is 430 g/mol. The average molecular weight is 431 g/mol. The van der Waals surface area contributed by atoms with Gasteiger partial charge in [-0.05, 0) is 60.5 Å². The molecule has 0 amide bonds. The fourth-order valence-corrected chi connectivity index (χ4v) is 5.62. The van der Waals surface area contributed by atoms with Gasteiger partial charge in [0.1, 0.15) is 11.5 Å². The first-order chi connectivity index (χ1) is 14.6. The third-order valence-electron chi connectivity index (χ3n) is 6.36. The maximum Gasteiger partial charge on any atom is 0.192 e. The Labute approximate surface area is 184 Å². The van der Waals surface area contributed by atoms with Gasteiger partial charge in [0.05, 0.1) is 13.7 Å². The van der Waals surface area contributed by atoms with Crippen molar-refractivity contribution in [3.63, 3.8) is 0 Å². The number of thioether (sulfide) groups is 1. The van der Waals surface area contributed by atoms with Crippen molar-refractivity contribution in [2.24, 2.45) is 23.7 Å². The van der Waals surface area contributed by atoms with Gasteiger partial charge >= 0.3 is 0 Å². The number of benzene rings is 1. The molecular weight excluding hydrogens is 396 g/mol. The lowest BCUT2D eigenvalue weighted by Gasteiger charge is -2.41. The predicted octanol–water partition coefficient (Wildman–Crippen LogP) is 5.45. The minimum absolute atomic E-state index is 0.0678. The van der Waals surface area contributed by atoms with Gasteiger partial charge in [-0.25, -0.2) is 0 Å². The van der Waals surface area contributed by atoms with E-state index in [0.717, 1.165) is 49.4 Å². The summed E-state index contributed by atoms with van der Waals surface area (Å²) in [6.07, 6.45) is 9.65. The van der Waals surface area contributed by atoms with Gasteiger partial charge in [0, 0.05) is 25.4 Å². The van der Waals surface area contributed by atoms with Crippen LogP contribution < -0.4 is 4.74 Å². The molecule has 4 nitrogen and oxygen atoms in total. The van der Waals surface area contributed by atoms with E-state index >= 15 is 0 Å². The van der Waals surface area contributed by atoms with Crippen LogP contribution in [0.5, 0.6) is 5.75 Å². The normalized spacial score (nSPS) is 25.7. The Kier molecular flexibility index (Phi) is 9.01. The third kappa shape index (κ3) is 6.21. The van der Waals surface area contributed by atoms with Crippen LogP contribution in [0, 0.1) is 23.7 Å². The van der Waals surface area contributed by atoms with Crippen LogP contribution in [0.2, 0.25) is 0 Å².